The van der Waals surface area contributed by atoms with Gasteiger partial charge in [-0.05, 0) is 43.4 Å². The SMILES string of the molecule is N#Cc1ccc(CC(N)C(=O)N2CCCCC2)cc1. The summed E-state index contributed by atoms with van der Waals surface area (Å²) < 4.78 is 0. The molecule has 0 bridgehead atoms. The van der Waals surface area contributed by atoms with Crippen LogP contribution in [0, 0.1) is 11.3 Å². The summed E-state index contributed by atoms with van der Waals surface area (Å²) in [6, 6.07) is 8.84. The third-order valence-electron chi connectivity index (χ3n) is 3.52. The van der Waals surface area contributed by atoms with Gasteiger partial charge in [0.2, 0.25) is 5.91 Å². The molecule has 1 fully saturated rings. The summed E-state index contributed by atoms with van der Waals surface area (Å²) in [4.78, 5) is 14.0. The fourth-order valence-corrected chi connectivity index (χ4v) is 2.41. The van der Waals surface area contributed by atoms with Gasteiger partial charge in [-0.25, -0.2) is 0 Å². The van der Waals surface area contributed by atoms with E-state index in [1.54, 1.807) is 12.1 Å². The molecule has 1 aromatic rings. The van der Waals surface area contributed by atoms with E-state index in [2.05, 4.69) is 6.07 Å². The van der Waals surface area contributed by atoms with Crippen LogP contribution in [-0.2, 0) is 11.2 Å². The number of likely N-dealkylation sites (tertiary alicyclic amines) is 1. The van der Waals surface area contributed by atoms with E-state index >= 15 is 0 Å². The van der Waals surface area contributed by atoms with Crippen molar-refractivity contribution in [2.24, 2.45) is 5.73 Å². The molecule has 19 heavy (non-hydrogen) atoms. The number of nitrogens with zero attached hydrogens (tertiary/aromatic N) is 2. The standard InChI is InChI=1S/C15H19N3O/c16-11-13-6-4-12(5-7-13)10-14(17)15(19)18-8-2-1-3-9-18/h4-7,14H,1-3,8-10,17H2. The van der Waals surface area contributed by atoms with Crippen LogP contribution in [0.15, 0.2) is 24.3 Å². The highest BCUT2D eigenvalue weighted by atomic mass is 16.2. The Bertz CT molecular complexity index is 469. The number of nitrogens with two attached hydrogens (primary N) is 1. The lowest BCUT2D eigenvalue weighted by molar-refractivity contribution is -0.133. The molecular formula is C15H19N3O. The molecule has 0 spiro atoms. The number of hydrogen-bond acceptors (Lipinski definition) is 3. The van der Waals surface area contributed by atoms with E-state index in [4.69, 9.17) is 11.0 Å². The van der Waals surface area contributed by atoms with Gasteiger partial charge < -0.3 is 10.6 Å². The van der Waals surface area contributed by atoms with Gasteiger partial charge in [-0.15, -0.1) is 0 Å². The summed E-state index contributed by atoms with van der Waals surface area (Å²) in [6.07, 6.45) is 3.89. The fourth-order valence-electron chi connectivity index (χ4n) is 2.41. The molecule has 1 atom stereocenters. The van der Waals surface area contributed by atoms with Gasteiger partial charge in [-0.2, -0.15) is 5.26 Å². The quantitative estimate of drug-likeness (QED) is 0.890. The zero-order valence-corrected chi connectivity index (χ0v) is 11.0. The first-order valence-electron chi connectivity index (χ1n) is 6.74. The molecule has 1 aromatic carbocycles. The lowest BCUT2D eigenvalue weighted by atomic mass is 10.0. The van der Waals surface area contributed by atoms with E-state index in [1.807, 2.05) is 17.0 Å². The van der Waals surface area contributed by atoms with E-state index in [9.17, 15) is 4.79 Å². The first kappa shape index (κ1) is 13.6. The van der Waals surface area contributed by atoms with Crippen LogP contribution in [0.1, 0.15) is 30.4 Å². The number of piperidine rings is 1. The van der Waals surface area contributed by atoms with Crippen LogP contribution >= 0.6 is 0 Å². The van der Waals surface area contributed by atoms with Crippen molar-refractivity contribution in [1.29, 1.82) is 5.26 Å². The molecule has 0 aromatic heterocycles. The lowest BCUT2D eigenvalue weighted by Gasteiger charge is -2.29. The van der Waals surface area contributed by atoms with E-state index in [0.29, 0.717) is 12.0 Å². The summed E-state index contributed by atoms with van der Waals surface area (Å²) >= 11 is 0. The topological polar surface area (TPSA) is 70.1 Å². The van der Waals surface area contributed by atoms with Gasteiger partial charge in [0, 0.05) is 13.1 Å². The molecule has 1 unspecified atom stereocenters. The van der Waals surface area contributed by atoms with Crippen molar-refractivity contribution in [3.8, 4) is 6.07 Å². The maximum absolute atomic E-state index is 12.2. The maximum Gasteiger partial charge on any atom is 0.239 e. The molecule has 0 aliphatic carbocycles. The Hall–Kier alpha value is -1.86. The maximum atomic E-state index is 12.2. The van der Waals surface area contributed by atoms with Gasteiger partial charge in [0.1, 0.15) is 0 Å². The minimum absolute atomic E-state index is 0.0454. The van der Waals surface area contributed by atoms with Crippen molar-refractivity contribution in [3.05, 3.63) is 35.4 Å². The number of amides is 1. The Morgan fingerprint density at radius 3 is 2.47 bits per heavy atom. The van der Waals surface area contributed by atoms with E-state index < -0.39 is 6.04 Å². The fraction of sp³-hybridized carbons (Fsp3) is 0.467. The minimum atomic E-state index is -0.481. The van der Waals surface area contributed by atoms with Crippen molar-refractivity contribution in [3.63, 3.8) is 0 Å². The first-order chi connectivity index (χ1) is 9.20. The molecule has 2 rings (SSSR count). The minimum Gasteiger partial charge on any atom is -0.341 e. The molecule has 0 radical (unpaired) electrons. The van der Waals surface area contributed by atoms with Crippen LogP contribution in [0.4, 0.5) is 0 Å². The highest BCUT2D eigenvalue weighted by Crippen LogP contribution is 2.12. The Labute approximate surface area is 113 Å². The predicted octanol–water partition coefficient (Wildman–Crippen LogP) is 1.44. The van der Waals surface area contributed by atoms with E-state index in [0.717, 1.165) is 31.5 Å². The van der Waals surface area contributed by atoms with Crippen LogP contribution in [0.25, 0.3) is 0 Å². The summed E-state index contributed by atoms with van der Waals surface area (Å²) in [5, 5.41) is 8.73. The third kappa shape index (κ3) is 3.55. The molecule has 1 saturated heterocycles. The van der Waals surface area contributed by atoms with Gasteiger partial charge in [0.15, 0.2) is 0 Å². The molecule has 1 amide bonds. The number of nitriles is 1. The van der Waals surface area contributed by atoms with Crippen LogP contribution in [-0.4, -0.2) is 29.9 Å². The van der Waals surface area contributed by atoms with Gasteiger partial charge in [-0.1, -0.05) is 12.1 Å². The van der Waals surface area contributed by atoms with E-state index in [-0.39, 0.29) is 5.91 Å². The highest BCUT2D eigenvalue weighted by molar-refractivity contribution is 5.82. The first-order valence-corrected chi connectivity index (χ1v) is 6.74. The van der Waals surface area contributed by atoms with E-state index in [1.165, 1.54) is 6.42 Å². The average Bonchev–Trinajstić information content (AvgIpc) is 2.48. The molecular weight excluding hydrogens is 238 g/mol. The second-order valence-electron chi connectivity index (χ2n) is 5.01. The number of hydrogen-bond donors (Lipinski definition) is 1. The van der Waals surface area contributed by atoms with Gasteiger partial charge in [-0.3, -0.25) is 4.79 Å². The van der Waals surface area contributed by atoms with Crippen molar-refractivity contribution < 1.29 is 4.79 Å². The number of carbonyl (C=O) groups is 1. The average molecular weight is 257 g/mol. The zero-order chi connectivity index (χ0) is 13.7. The number of rotatable bonds is 3. The summed E-state index contributed by atoms with van der Waals surface area (Å²) in [5.74, 6) is 0.0454. The Kier molecular flexibility index (Phi) is 4.53. The smallest absolute Gasteiger partial charge is 0.239 e. The Morgan fingerprint density at radius 2 is 1.89 bits per heavy atom. The molecule has 1 aliphatic heterocycles. The normalized spacial score (nSPS) is 16.7. The molecule has 4 heteroatoms. The Morgan fingerprint density at radius 1 is 1.26 bits per heavy atom. The van der Waals surface area contributed by atoms with Crippen molar-refractivity contribution in [2.45, 2.75) is 31.7 Å². The Balaban J connectivity index is 1.93. The predicted molar refractivity (Wildman–Crippen MR) is 73.3 cm³/mol. The summed E-state index contributed by atoms with van der Waals surface area (Å²) in [7, 11) is 0. The van der Waals surface area contributed by atoms with Crippen molar-refractivity contribution >= 4 is 5.91 Å². The van der Waals surface area contributed by atoms with Gasteiger partial charge in [0.25, 0.3) is 0 Å². The van der Waals surface area contributed by atoms with Crippen LogP contribution in [0.2, 0.25) is 0 Å². The van der Waals surface area contributed by atoms with Crippen molar-refractivity contribution in [2.75, 3.05) is 13.1 Å². The monoisotopic (exact) mass is 257 g/mol. The molecule has 2 N–H and O–H groups in total. The zero-order valence-electron chi connectivity index (χ0n) is 11.0. The largest absolute Gasteiger partial charge is 0.341 e. The summed E-state index contributed by atoms with van der Waals surface area (Å²) in [5.41, 5.74) is 7.62. The number of benzene rings is 1. The highest BCUT2D eigenvalue weighted by Gasteiger charge is 2.22. The van der Waals surface area contributed by atoms with Gasteiger partial charge in [0.05, 0.1) is 17.7 Å². The second kappa shape index (κ2) is 6.35. The number of carbonyl (C=O) groups excluding carboxylic acids is 1. The van der Waals surface area contributed by atoms with Crippen LogP contribution < -0.4 is 5.73 Å². The molecule has 1 heterocycles. The molecule has 4 nitrogen and oxygen atoms in total. The third-order valence-corrected chi connectivity index (χ3v) is 3.52. The van der Waals surface area contributed by atoms with Crippen LogP contribution in [0.3, 0.4) is 0 Å². The van der Waals surface area contributed by atoms with Crippen molar-refractivity contribution in [1.82, 2.24) is 4.90 Å². The second-order valence-corrected chi connectivity index (χ2v) is 5.01. The van der Waals surface area contributed by atoms with Crippen LogP contribution in [0.5, 0.6) is 0 Å². The molecule has 100 valence electrons. The summed E-state index contributed by atoms with van der Waals surface area (Å²) in [6.45, 7) is 1.67. The molecule has 1 aliphatic rings. The van der Waals surface area contributed by atoms with Gasteiger partial charge >= 0.3 is 0 Å². The molecule has 0 saturated carbocycles. The lowest BCUT2D eigenvalue weighted by Crippen LogP contribution is -2.46.